The third-order valence-corrected chi connectivity index (χ3v) is 6.95. The maximum Gasteiger partial charge on any atom is 0.243 e. The Morgan fingerprint density at radius 1 is 1.22 bits per heavy atom. The third kappa shape index (κ3) is 4.57. The van der Waals surface area contributed by atoms with E-state index in [0.717, 1.165) is 18.7 Å². The van der Waals surface area contributed by atoms with E-state index in [1.165, 1.54) is 0 Å². The predicted molar refractivity (Wildman–Crippen MR) is 103 cm³/mol. The van der Waals surface area contributed by atoms with E-state index < -0.39 is 10.0 Å². The van der Waals surface area contributed by atoms with Crippen molar-refractivity contribution in [1.82, 2.24) is 14.2 Å². The fourth-order valence-electron chi connectivity index (χ4n) is 3.19. The molecule has 1 aliphatic heterocycles. The first kappa shape index (κ1) is 20.0. The normalized spacial score (nSPS) is 16.1. The maximum absolute atomic E-state index is 13.3. The van der Waals surface area contributed by atoms with E-state index in [1.54, 1.807) is 23.5 Å². The second-order valence-corrected chi connectivity index (χ2v) is 8.58. The van der Waals surface area contributed by atoms with E-state index >= 15 is 0 Å². The van der Waals surface area contributed by atoms with Crippen LogP contribution in [0.5, 0.6) is 0 Å². The standard InChI is InChI=1S/C19H27N3O4S/c1-4-22(8-7-21-9-11-25-12-10-21)27(23,24)19-13-17(6-5-15(19)2)18-14-20-16(3)26-18/h5-6,13-14H,4,7-12H2,1-3H3. The van der Waals surface area contributed by atoms with Gasteiger partial charge in [0, 0.05) is 45.2 Å². The van der Waals surface area contributed by atoms with E-state index in [-0.39, 0.29) is 0 Å². The summed E-state index contributed by atoms with van der Waals surface area (Å²) in [7, 11) is -3.59. The summed E-state index contributed by atoms with van der Waals surface area (Å²) in [5.41, 5.74) is 1.43. The van der Waals surface area contributed by atoms with Crippen LogP contribution in [0.3, 0.4) is 0 Å². The molecule has 27 heavy (non-hydrogen) atoms. The number of hydrogen-bond donors (Lipinski definition) is 0. The van der Waals surface area contributed by atoms with Gasteiger partial charge in [0.25, 0.3) is 0 Å². The summed E-state index contributed by atoms with van der Waals surface area (Å²) in [6.07, 6.45) is 1.62. The van der Waals surface area contributed by atoms with Gasteiger partial charge in [-0.3, -0.25) is 4.90 Å². The Hall–Kier alpha value is -1.74. The lowest BCUT2D eigenvalue weighted by Gasteiger charge is -2.29. The minimum atomic E-state index is -3.59. The zero-order valence-electron chi connectivity index (χ0n) is 16.1. The highest BCUT2D eigenvalue weighted by Crippen LogP contribution is 2.27. The number of rotatable bonds is 7. The van der Waals surface area contributed by atoms with Crippen molar-refractivity contribution >= 4 is 10.0 Å². The van der Waals surface area contributed by atoms with E-state index in [1.807, 2.05) is 26.0 Å². The molecule has 0 spiro atoms. The molecular formula is C19H27N3O4S. The van der Waals surface area contributed by atoms with Crippen LogP contribution in [0.2, 0.25) is 0 Å². The van der Waals surface area contributed by atoms with Gasteiger partial charge in [0.15, 0.2) is 11.7 Å². The number of sulfonamides is 1. The van der Waals surface area contributed by atoms with Crippen LogP contribution >= 0.6 is 0 Å². The average molecular weight is 394 g/mol. The Balaban J connectivity index is 1.83. The van der Waals surface area contributed by atoms with Crippen LogP contribution in [0.4, 0.5) is 0 Å². The molecule has 0 atom stereocenters. The van der Waals surface area contributed by atoms with Crippen LogP contribution in [0.25, 0.3) is 11.3 Å². The molecule has 0 radical (unpaired) electrons. The smallest absolute Gasteiger partial charge is 0.243 e. The minimum absolute atomic E-state index is 0.317. The minimum Gasteiger partial charge on any atom is -0.441 e. The molecule has 0 N–H and O–H groups in total. The van der Waals surface area contributed by atoms with Crippen LogP contribution in [0, 0.1) is 13.8 Å². The number of likely N-dealkylation sites (N-methyl/N-ethyl adjacent to an activating group) is 1. The summed E-state index contributed by atoms with van der Waals surface area (Å²) in [6, 6.07) is 5.36. The lowest BCUT2D eigenvalue weighted by molar-refractivity contribution is 0.0364. The topological polar surface area (TPSA) is 75.9 Å². The molecule has 3 rings (SSSR count). The molecule has 1 fully saturated rings. The molecule has 8 heteroatoms. The van der Waals surface area contributed by atoms with E-state index in [0.29, 0.717) is 55.0 Å². The lowest BCUT2D eigenvalue weighted by Crippen LogP contribution is -2.43. The quantitative estimate of drug-likeness (QED) is 0.718. The van der Waals surface area contributed by atoms with Gasteiger partial charge in [-0.15, -0.1) is 0 Å². The van der Waals surface area contributed by atoms with Crippen molar-refractivity contribution < 1.29 is 17.6 Å². The van der Waals surface area contributed by atoms with Crippen LogP contribution in [-0.2, 0) is 14.8 Å². The Labute approximate surface area is 161 Å². The highest BCUT2D eigenvalue weighted by molar-refractivity contribution is 7.89. The number of oxazole rings is 1. The molecule has 0 bridgehead atoms. The number of morpholine rings is 1. The summed E-state index contributed by atoms with van der Waals surface area (Å²) < 4.78 is 39.0. The van der Waals surface area contributed by atoms with Crippen molar-refractivity contribution in [2.45, 2.75) is 25.7 Å². The molecule has 2 heterocycles. The van der Waals surface area contributed by atoms with Gasteiger partial charge in [0.1, 0.15) is 0 Å². The van der Waals surface area contributed by atoms with Gasteiger partial charge in [0.2, 0.25) is 10.0 Å². The number of aryl methyl sites for hydroxylation is 2. The summed E-state index contributed by atoms with van der Waals surface area (Å²) in [5.74, 6) is 1.12. The molecule has 2 aromatic rings. The molecule has 7 nitrogen and oxygen atoms in total. The van der Waals surface area contributed by atoms with Crippen molar-refractivity contribution in [3.05, 3.63) is 35.9 Å². The molecule has 0 amide bonds. The van der Waals surface area contributed by atoms with Crippen LogP contribution < -0.4 is 0 Å². The fraction of sp³-hybridized carbons (Fsp3) is 0.526. The molecule has 1 aromatic carbocycles. The Morgan fingerprint density at radius 2 is 1.96 bits per heavy atom. The highest BCUT2D eigenvalue weighted by Gasteiger charge is 2.26. The monoisotopic (exact) mass is 393 g/mol. The van der Waals surface area contributed by atoms with Gasteiger partial charge < -0.3 is 9.15 Å². The van der Waals surface area contributed by atoms with E-state index in [4.69, 9.17) is 9.15 Å². The Morgan fingerprint density at radius 3 is 2.59 bits per heavy atom. The van der Waals surface area contributed by atoms with Crippen LogP contribution in [0.1, 0.15) is 18.4 Å². The predicted octanol–water partition coefficient (Wildman–Crippen LogP) is 2.30. The average Bonchev–Trinajstić information content (AvgIpc) is 3.09. The van der Waals surface area contributed by atoms with Crippen LogP contribution in [0.15, 0.2) is 33.7 Å². The van der Waals surface area contributed by atoms with Gasteiger partial charge >= 0.3 is 0 Å². The first-order chi connectivity index (χ1) is 12.9. The highest BCUT2D eigenvalue weighted by atomic mass is 32.2. The molecule has 148 valence electrons. The van der Waals surface area contributed by atoms with E-state index in [2.05, 4.69) is 9.88 Å². The summed E-state index contributed by atoms with van der Waals surface area (Å²) in [5, 5.41) is 0. The summed E-state index contributed by atoms with van der Waals surface area (Å²) in [4.78, 5) is 6.65. The Bertz CT molecular complexity index is 873. The Kier molecular flexibility index (Phi) is 6.31. The van der Waals surface area contributed by atoms with E-state index in [9.17, 15) is 8.42 Å². The fourth-order valence-corrected chi connectivity index (χ4v) is 4.88. The summed E-state index contributed by atoms with van der Waals surface area (Å²) >= 11 is 0. The number of benzene rings is 1. The molecule has 1 aromatic heterocycles. The largest absolute Gasteiger partial charge is 0.441 e. The first-order valence-corrected chi connectivity index (χ1v) is 10.7. The molecule has 1 aliphatic rings. The third-order valence-electron chi connectivity index (χ3n) is 4.83. The van der Waals surface area contributed by atoms with Gasteiger partial charge in [-0.1, -0.05) is 19.1 Å². The molecule has 0 saturated carbocycles. The zero-order chi connectivity index (χ0) is 19.4. The number of hydrogen-bond acceptors (Lipinski definition) is 6. The van der Waals surface area contributed by atoms with Crippen molar-refractivity contribution in [2.24, 2.45) is 0 Å². The van der Waals surface area contributed by atoms with Crippen molar-refractivity contribution in [3.8, 4) is 11.3 Å². The van der Waals surface area contributed by atoms with Gasteiger partial charge in [-0.05, 0) is 18.6 Å². The second kappa shape index (κ2) is 8.52. The maximum atomic E-state index is 13.3. The lowest BCUT2D eigenvalue weighted by atomic mass is 10.1. The SMILES string of the molecule is CCN(CCN1CCOCC1)S(=O)(=O)c1cc(-c2cnc(C)o2)ccc1C. The van der Waals surface area contributed by atoms with Crippen molar-refractivity contribution in [1.29, 1.82) is 0 Å². The van der Waals surface area contributed by atoms with Gasteiger partial charge in [-0.2, -0.15) is 4.31 Å². The number of ether oxygens (including phenoxy) is 1. The molecular weight excluding hydrogens is 366 g/mol. The van der Waals surface area contributed by atoms with Crippen LogP contribution in [-0.4, -0.2) is 68.5 Å². The molecule has 1 saturated heterocycles. The van der Waals surface area contributed by atoms with Crippen molar-refractivity contribution in [2.75, 3.05) is 45.9 Å². The number of aromatic nitrogens is 1. The van der Waals surface area contributed by atoms with Gasteiger partial charge in [-0.25, -0.2) is 13.4 Å². The van der Waals surface area contributed by atoms with Gasteiger partial charge in [0.05, 0.1) is 24.3 Å². The molecule has 0 unspecified atom stereocenters. The first-order valence-electron chi connectivity index (χ1n) is 9.25. The van der Waals surface area contributed by atoms with Crippen molar-refractivity contribution in [3.63, 3.8) is 0 Å². The second-order valence-electron chi connectivity index (χ2n) is 6.67. The number of nitrogens with zero attached hydrogens (tertiary/aromatic N) is 3. The molecule has 0 aliphatic carbocycles. The summed E-state index contributed by atoms with van der Waals surface area (Å²) in [6.45, 7) is 10.1. The zero-order valence-corrected chi connectivity index (χ0v) is 17.0.